The van der Waals surface area contributed by atoms with Crippen LogP contribution in [0.2, 0.25) is 0 Å². The van der Waals surface area contributed by atoms with Crippen LogP contribution in [-0.4, -0.2) is 25.9 Å². The summed E-state index contributed by atoms with van der Waals surface area (Å²) in [5.74, 6) is -0.173. The second kappa shape index (κ2) is 6.84. The number of rotatable bonds is 5. The molecule has 0 saturated carbocycles. The molecule has 0 fully saturated rings. The second-order valence-electron chi connectivity index (χ2n) is 5.15. The highest BCUT2D eigenvalue weighted by Crippen LogP contribution is 2.30. The van der Waals surface area contributed by atoms with Crippen LogP contribution >= 0.6 is 11.8 Å². The molecule has 1 heterocycles. The summed E-state index contributed by atoms with van der Waals surface area (Å²) in [6.45, 7) is 1.72. The molecule has 1 atom stereocenters. The molecular formula is C17H15FN4OS. The fraction of sp³-hybridized carbons (Fsp3) is 0.118. The molecule has 0 spiro atoms. The van der Waals surface area contributed by atoms with Crippen LogP contribution in [0.1, 0.15) is 6.92 Å². The molecule has 1 unspecified atom stereocenters. The van der Waals surface area contributed by atoms with Crippen molar-refractivity contribution in [3.05, 3.63) is 60.4 Å². The number of halogens is 1. The normalized spacial score (nSPS) is 12.1. The minimum atomic E-state index is -0.447. The Kier molecular flexibility index (Phi) is 4.61. The number of thioether (sulfide) groups is 1. The molecule has 2 N–H and O–H groups in total. The van der Waals surface area contributed by atoms with E-state index in [1.165, 1.54) is 23.9 Å². The number of primary amides is 1. The number of hydrogen-bond donors (Lipinski definition) is 1. The van der Waals surface area contributed by atoms with Gasteiger partial charge in [-0.15, -0.1) is 10.2 Å². The van der Waals surface area contributed by atoms with Gasteiger partial charge < -0.3 is 5.73 Å². The van der Waals surface area contributed by atoms with Gasteiger partial charge in [0.25, 0.3) is 0 Å². The first-order valence-corrected chi connectivity index (χ1v) is 8.17. The maximum Gasteiger partial charge on any atom is 0.230 e. The molecular weight excluding hydrogens is 327 g/mol. The maximum absolute atomic E-state index is 13.2. The molecule has 24 heavy (non-hydrogen) atoms. The largest absolute Gasteiger partial charge is 0.369 e. The molecule has 0 aliphatic rings. The molecule has 5 nitrogen and oxygen atoms in total. The highest BCUT2D eigenvalue weighted by molar-refractivity contribution is 8.00. The third-order valence-corrected chi connectivity index (χ3v) is 4.49. The third kappa shape index (κ3) is 3.30. The monoisotopic (exact) mass is 342 g/mol. The number of hydrogen-bond acceptors (Lipinski definition) is 4. The first-order valence-electron chi connectivity index (χ1n) is 7.29. The van der Waals surface area contributed by atoms with Gasteiger partial charge in [0.05, 0.1) is 5.25 Å². The first kappa shape index (κ1) is 16.2. The van der Waals surface area contributed by atoms with E-state index in [1.807, 2.05) is 34.9 Å². The molecule has 0 aliphatic heterocycles. The topological polar surface area (TPSA) is 73.8 Å². The summed E-state index contributed by atoms with van der Waals surface area (Å²) in [6, 6.07) is 15.6. The maximum atomic E-state index is 13.2. The van der Waals surface area contributed by atoms with E-state index in [-0.39, 0.29) is 5.82 Å². The van der Waals surface area contributed by atoms with Gasteiger partial charge in [0.2, 0.25) is 5.91 Å². The van der Waals surface area contributed by atoms with Crippen molar-refractivity contribution < 1.29 is 9.18 Å². The van der Waals surface area contributed by atoms with E-state index in [2.05, 4.69) is 10.2 Å². The number of nitrogens with zero attached hydrogens (tertiary/aromatic N) is 3. The van der Waals surface area contributed by atoms with Crippen molar-refractivity contribution in [3.8, 4) is 17.1 Å². The number of aromatic nitrogens is 3. The zero-order valence-electron chi connectivity index (χ0n) is 12.9. The highest BCUT2D eigenvalue weighted by Gasteiger charge is 2.20. The van der Waals surface area contributed by atoms with Gasteiger partial charge in [0.15, 0.2) is 11.0 Å². The van der Waals surface area contributed by atoms with E-state index in [1.54, 1.807) is 19.1 Å². The average Bonchev–Trinajstić information content (AvgIpc) is 2.99. The first-order chi connectivity index (χ1) is 11.6. The molecule has 3 aromatic rings. The SMILES string of the molecule is CC(Sc1nnc(-c2ccc(F)cc2)n1-c1ccccc1)C(N)=O. The highest BCUT2D eigenvalue weighted by atomic mass is 32.2. The Balaban J connectivity index is 2.11. The van der Waals surface area contributed by atoms with Crippen molar-refractivity contribution >= 4 is 17.7 Å². The summed E-state index contributed by atoms with van der Waals surface area (Å²) < 4.78 is 15.0. The van der Waals surface area contributed by atoms with E-state index in [9.17, 15) is 9.18 Å². The number of para-hydroxylation sites is 1. The predicted molar refractivity (Wildman–Crippen MR) is 91.3 cm³/mol. The average molecular weight is 342 g/mol. The Labute approximate surface area is 142 Å². The van der Waals surface area contributed by atoms with Crippen LogP contribution in [0, 0.1) is 5.82 Å². The summed E-state index contributed by atoms with van der Waals surface area (Å²) in [7, 11) is 0. The Morgan fingerprint density at radius 2 is 1.79 bits per heavy atom. The Morgan fingerprint density at radius 1 is 1.12 bits per heavy atom. The molecule has 0 aliphatic carbocycles. The summed E-state index contributed by atoms with van der Waals surface area (Å²) in [4.78, 5) is 11.4. The summed E-state index contributed by atoms with van der Waals surface area (Å²) >= 11 is 1.23. The van der Waals surface area contributed by atoms with Gasteiger partial charge in [0, 0.05) is 11.3 Å². The van der Waals surface area contributed by atoms with Crippen LogP contribution < -0.4 is 5.73 Å². The van der Waals surface area contributed by atoms with Gasteiger partial charge in [-0.1, -0.05) is 30.0 Å². The summed E-state index contributed by atoms with van der Waals surface area (Å²) in [5, 5.41) is 8.51. The minimum absolute atomic E-state index is 0.318. The zero-order valence-corrected chi connectivity index (χ0v) is 13.7. The van der Waals surface area contributed by atoms with E-state index in [4.69, 9.17) is 5.73 Å². The molecule has 0 saturated heterocycles. The van der Waals surface area contributed by atoms with E-state index in [0.29, 0.717) is 11.0 Å². The van der Waals surface area contributed by atoms with Crippen molar-refractivity contribution in [2.45, 2.75) is 17.3 Å². The van der Waals surface area contributed by atoms with E-state index >= 15 is 0 Å². The summed E-state index contributed by atoms with van der Waals surface area (Å²) in [6.07, 6.45) is 0. The molecule has 3 rings (SSSR count). The smallest absolute Gasteiger partial charge is 0.230 e. The summed E-state index contributed by atoms with van der Waals surface area (Å²) in [5.41, 5.74) is 6.92. The van der Waals surface area contributed by atoms with Crippen LogP contribution in [-0.2, 0) is 4.79 Å². The standard InChI is InChI=1S/C17H15FN4OS/c1-11(15(19)23)24-17-21-20-16(12-7-9-13(18)10-8-12)22(17)14-5-3-2-4-6-14/h2-11H,1H3,(H2,19,23). The number of carbonyl (C=O) groups excluding carboxylic acids is 1. The van der Waals surface area contributed by atoms with Crippen molar-refractivity contribution in [2.75, 3.05) is 0 Å². The second-order valence-corrected chi connectivity index (χ2v) is 6.45. The van der Waals surface area contributed by atoms with Crippen molar-refractivity contribution in [2.24, 2.45) is 5.73 Å². The van der Waals surface area contributed by atoms with Gasteiger partial charge in [-0.3, -0.25) is 9.36 Å². The lowest BCUT2D eigenvalue weighted by molar-refractivity contribution is -0.117. The van der Waals surface area contributed by atoms with E-state index in [0.717, 1.165) is 11.3 Å². The van der Waals surface area contributed by atoms with Gasteiger partial charge >= 0.3 is 0 Å². The lowest BCUT2D eigenvalue weighted by Gasteiger charge is -2.12. The van der Waals surface area contributed by atoms with Crippen LogP contribution in [0.4, 0.5) is 4.39 Å². The fourth-order valence-electron chi connectivity index (χ4n) is 2.16. The van der Waals surface area contributed by atoms with Crippen molar-refractivity contribution in [3.63, 3.8) is 0 Å². The number of amides is 1. The Hall–Kier alpha value is -2.67. The predicted octanol–water partition coefficient (Wildman–Crippen LogP) is 3.04. The lowest BCUT2D eigenvalue weighted by Crippen LogP contribution is -2.23. The minimum Gasteiger partial charge on any atom is -0.369 e. The lowest BCUT2D eigenvalue weighted by atomic mass is 10.2. The number of nitrogens with two attached hydrogens (primary N) is 1. The van der Waals surface area contributed by atoms with E-state index < -0.39 is 11.2 Å². The molecule has 1 aromatic heterocycles. The van der Waals surface area contributed by atoms with Crippen LogP contribution in [0.25, 0.3) is 17.1 Å². The number of benzene rings is 2. The molecule has 1 amide bonds. The van der Waals surface area contributed by atoms with Gasteiger partial charge in [-0.2, -0.15) is 0 Å². The van der Waals surface area contributed by atoms with Crippen molar-refractivity contribution in [1.29, 1.82) is 0 Å². The van der Waals surface area contributed by atoms with Crippen molar-refractivity contribution in [1.82, 2.24) is 14.8 Å². The van der Waals surface area contributed by atoms with Gasteiger partial charge in [-0.05, 0) is 43.3 Å². The van der Waals surface area contributed by atoms with Gasteiger partial charge in [-0.25, -0.2) is 4.39 Å². The fourth-order valence-corrected chi connectivity index (χ4v) is 2.98. The van der Waals surface area contributed by atoms with Crippen LogP contribution in [0.5, 0.6) is 0 Å². The molecule has 0 bridgehead atoms. The number of carbonyl (C=O) groups is 1. The Morgan fingerprint density at radius 3 is 2.42 bits per heavy atom. The molecule has 122 valence electrons. The van der Waals surface area contributed by atoms with Gasteiger partial charge in [0.1, 0.15) is 5.82 Å². The quantitative estimate of drug-likeness (QED) is 0.723. The zero-order chi connectivity index (χ0) is 17.1. The third-order valence-electron chi connectivity index (χ3n) is 3.43. The molecule has 0 radical (unpaired) electrons. The van der Waals surface area contributed by atoms with Crippen LogP contribution in [0.3, 0.4) is 0 Å². The molecule has 2 aromatic carbocycles. The van der Waals surface area contributed by atoms with Crippen LogP contribution in [0.15, 0.2) is 59.8 Å². The Bertz CT molecular complexity index is 849. The molecule has 7 heteroatoms.